The van der Waals surface area contributed by atoms with Gasteiger partial charge in [0, 0.05) is 19.5 Å². The highest BCUT2D eigenvalue weighted by molar-refractivity contribution is 5.85. The van der Waals surface area contributed by atoms with Gasteiger partial charge in [0.1, 0.15) is 0 Å². The summed E-state index contributed by atoms with van der Waals surface area (Å²) in [6.45, 7) is 2.55. The lowest BCUT2D eigenvalue weighted by Gasteiger charge is -2.14. The van der Waals surface area contributed by atoms with Crippen LogP contribution in [0.25, 0.3) is 0 Å². The molecule has 0 saturated heterocycles. The van der Waals surface area contributed by atoms with E-state index in [4.69, 9.17) is 9.47 Å². The number of hydrogen-bond donors (Lipinski definition) is 2. The third-order valence-electron chi connectivity index (χ3n) is 3.76. The van der Waals surface area contributed by atoms with Gasteiger partial charge in [0.15, 0.2) is 11.5 Å². The topological polar surface area (TPSA) is 59.6 Å². The molecule has 0 unspecified atom stereocenters. The Morgan fingerprint density at radius 2 is 2.04 bits per heavy atom. The zero-order valence-corrected chi connectivity index (χ0v) is 14.5. The van der Waals surface area contributed by atoms with Crippen molar-refractivity contribution in [3.63, 3.8) is 0 Å². The van der Waals surface area contributed by atoms with Gasteiger partial charge in [-0.1, -0.05) is 17.7 Å². The Labute approximate surface area is 143 Å². The summed E-state index contributed by atoms with van der Waals surface area (Å²) in [5.41, 5.74) is 2.37. The number of aryl methyl sites for hydroxylation is 1. The molecule has 1 aromatic rings. The van der Waals surface area contributed by atoms with Crippen LogP contribution in [0, 0.1) is 0 Å². The third-order valence-corrected chi connectivity index (χ3v) is 3.76. The molecule has 0 spiro atoms. The van der Waals surface area contributed by atoms with Crippen LogP contribution in [0.5, 0.6) is 11.5 Å². The number of methoxy groups -OCH3 is 2. The van der Waals surface area contributed by atoms with Crippen LogP contribution < -0.4 is 20.1 Å². The molecule has 0 atom stereocenters. The number of hydrogen-bond acceptors (Lipinski definition) is 4. The second-order valence-corrected chi connectivity index (χ2v) is 5.28. The molecule has 0 bridgehead atoms. The second kappa shape index (κ2) is 10.1. The molecule has 0 radical (unpaired) electrons. The van der Waals surface area contributed by atoms with E-state index in [9.17, 15) is 4.79 Å². The summed E-state index contributed by atoms with van der Waals surface area (Å²) < 4.78 is 10.5. The number of carbonyl (C=O) groups is 1. The van der Waals surface area contributed by atoms with Gasteiger partial charge in [0.05, 0.1) is 14.2 Å². The molecule has 0 aromatic heterocycles. The van der Waals surface area contributed by atoms with Gasteiger partial charge in [0.25, 0.3) is 0 Å². The molecule has 23 heavy (non-hydrogen) atoms. The highest BCUT2D eigenvalue weighted by atomic mass is 35.5. The fourth-order valence-electron chi connectivity index (χ4n) is 2.42. The van der Waals surface area contributed by atoms with Crippen LogP contribution >= 0.6 is 12.4 Å². The fourth-order valence-corrected chi connectivity index (χ4v) is 2.42. The summed E-state index contributed by atoms with van der Waals surface area (Å²) in [6.07, 6.45) is 4.32. The van der Waals surface area contributed by atoms with Gasteiger partial charge in [-0.25, -0.2) is 0 Å². The summed E-state index contributed by atoms with van der Waals surface area (Å²) in [5, 5.41) is 6.24. The van der Waals surface area contributed by atoms with Gasteiger partial charge in [-0.05, 0) is 37.1 Å². The van der Waals surface area contributed by atoms with Crippen molar-refractivity contribution in [3.05, 3.63) is 35.4 Å². The molecule has 5 nitrogen and oxygen atoms in total. The van der Waals surface area contributed by atoms with E-state index >= 15 is 0 Å². The first kappa shape index (κ1) is 19.3. The van der Waals surface area contributed by atoms with Gasteiger partial charge < -0.3 is 20.1 Å². The summed E-state index contributed by atoms with van der Waals surface area (Å²) in [6, 6.07) is 5.75. The largest absolute Gasteiger partial charge is 0.493 e. The van der Waals surface area contributed by atoms with E-state index in [1.54, 1.807) is 14.2 Å². The van der Waals surface area contributed by atoms with Crippen molar-refractivity contribution in [3.8, 4) is 11.5 Å². The van der Waals surface area contributed by atoms with E-state index in [-0.39, 0.29) is 18.3 Å². The molecule has 0 fully saturated rings. The van der Waals surface area contributed by atoms with Crippen molar-refractivity contribution in [2.24, 2.45) is 0 Å². The first-order chi connectivity index (χ1) is 10.7. The van der Waals surface area contributed by atoms with Crippen LogP contribution in [0.15, 0.2) is 29.8 Å². The maximum Gasteiger partial charge on any atom is 0.220 e. The van der Waals surface area contributed by atoms with Gasteiger partial charge in [0.2, 0.25) is 5.91 Å². The standard InChI is InChI=1S/C17H24N2O3.ClH/c1-21-15-5-3-13(11-16(15)22-2)4-6-17(20)19-12-14-7-9-18-10-8-14;/h3,5,7,11,18H,4,6,8-10,12H2,1-2H3,(H,19,20);1H. The van der Waals surface area contributed by atoms with Crippen LogP contribution in [-0.4, -0.2) is 39.8 Å². The highest BCUT2D eigenvalue weighted by Gasteiger charge is 2.08. The average molecular weight is 341 g/mol. The normalized spacial score (nSPS) is 13.6. The lowest BCUT2D eigenvalue weighted by molar-refractivity contribution is -0.120. The maximum absolute atomic E-state index is 11.9. The minimum atomic E-state index is 0. The quantitative estimate of drug-likeness (QED) is 0.746. The summed E-state index contributed by atoms with van der Waals surface area (Å²) in [5.74, 6) is 1.48. The van der Waals surface area contributed by atoms with Crippen molar-refractivity contribution >= 4 is 18.3 Å². The molecule has 1 aliphatic rings. The Morgan fingerprint density at radius 3 is 2.70 bits per heavy atom. The third kappa shape index (κ3) is 6.12. The molecule has 128 valence electrons. The number of amides is 1. The number of benzene rings is 1. The molecule has 2 rings (SSSR count). The fraction of sp³-hybridized carbons (Fsp3) is 0.471. The Hall–Kier alpha value is -1.72. The van der Waals surface area contributed by atoms with Crippen molar-refractivity contribution in [1.82, 2.24) is 10.6 Å². The maximum atomic E-state index is 11.9. The number of nitrogens with one attached hydrogen (secondary N) is 2. The summed E-state index contributed by atoms with van der Waals surface area (Å²) in [7, 11) is 3.22. The zero-order valence-electron chi connectivity index (χ0n) is 13.7. The molecule has 1 aromatic carbocycles. The number of halogens is 1. The molecule has 1 amide bonds. The lowest BCUT2D eigenvalue weighted by atomic mass is 10.1. The van der Waals surface area contributed by atoms with Gasteiger partial charge >= 0.3 is 0 Å². The Balaban J connectivity index is 0.00000264. The van der Waals surface area contributed by atoms with Crippen LogP contribution in [0.1, 0.15) is 18.4 Å². The Bertz CT molecular complexity index is 547. The van der Waals surface area contributed by atoms with Gasteiger partial charge in [-0.2, -0.15) is 0 Å². The van der Waals surface area contributed by atoms with E-state index < -0.39 is 0 Å². The Morgan fingerprint density at radius 1 is 1.26 bits per heavy atom. The molecular weight excluding hydrogens is 316 g/mol. The van der Waals surface area contributed by atoms with E-state index in [0.29, 0.717) is 30.9 Å². The van der Waals surface area contributed by atoms with E-state index in [1.165, 1.54) is 5.57 Å². The van der Waals surface area contributed by atoms with E-state index in [2.05, 4.69) is 16.7 Å². The second-order valence-electron chi connectivity index (χ2n) is 5.28. The predicted octanol–water partition coefficient (Wildman–Crippen LogP) is 2.09. The molecule has 0 saturated carbocycles. The summed E-state index contributed by atoms with van der Waals surface area (Å²) >= 11 is 0. The smallest absolute Gasteiger partial charge is 0.220 e. The van der Waals surface area contributed by atoms with Crippen LogP contribution in [-0.2, 0) is 11.2 Å². The van der Waals surface area contributed by atoms with Crippen molar-refractivity contribution in [2.45, 2.75) is 19.3 Å². The van der Waals surface area contributed by atoms with Crippen molar-refractivity contribution < 1.29 is 14.3 Å². The monoisotopic (exact) mass is 340 g/mol. The van der Waals surface area contributed by atoms with Crippen LogP contribution in [0.2, 0.25) is 0 Å². The number of ether oxygens (including phenoxy) is 2. The molecule has 1 heterocycles. The van der Waals surface area contributed by atoms with Gasteiger partial charge in [-0.15, -0.1) is 12.4 Å². The number of rotatable bonds is 7. The first-order valence-corrected chi connectivity index (χ1v) is 7.59. The molecular formula is C17H25ClN2O3. The average Bonchev–Trinajstić information content (AvgIpc) is 2.58. The first-order valence-electron chi connectivity index (χ1n) is 7.59. The van der Waals surface area contributed by atoms with Gasteiger partial charge in [-0.3, -0.25) is 4.79 Å². The molecule has 6 heteroatoms. The molecule has 0 aliphatic carbocycles. The van der Waals surface area contributed by atoms with E-state index in [1.807, 2.05) is 18.2 Å². The predicted molar refractivity (Wildman–Crippen MR) is 93.7 cm³/mol. The highest BCUT2D eigenvalue weighted by Crippen LogP contribution is 2.27. The minimum Gasteiger partial charge on any atom is -0.493 e. The molecule has 1 aliphatic heterocycles. The minimum absolute atomic E-state index is 0. The van der Waals surface area contributed by atoms with E-state index in [0.717, 1.165) is 25.1 Å². The van der Waals surface area contributed by atoms with Crippen LogP contribution in [0.4, 0.5) is 0 Å². The summed E-state index contributed by atoms with van der Waals surface area (Å²) in [4.78, 5) is 11.9. The zero-order chi connectivity index (χ0) is 15.8. The van der Waals surface area contributed by atoms with Crippen molar-refractivity contribution in [2.75, 3.05) is 33.9 Å². The SMILES string of the molecule is COc1ccc(CCC(=O)NCC2=CCNCC2)cc1OC.Cl. The van der Waals surface area contributed by atoms with Crippen molar-refractivity contribution in [1.29, 1.82) is 0 Å². The molecule has 2 N–H and O–H groups in total. The number of carbonyl (C=O) groups excluding carboxylic acids is 1. The lowest BCUT2D eigenvalue weighted by Crippen LogP contribution is -2.29. The Kier molecular flexibility index (Phi) is 8.51. The van der Waals surface area contributed by atoms with Crippen LogP contribution in [0.3, 0.4) is 0 Å².